The molecule has 1 radical (unpaired) electrons. The fourth-order valence-corrected chi connectivity index (χ4v) is 8.33. The molecule has 3 rings (SSSR count). The first-order chi connectivity index (χ1) is 9.68. The summed E-state index contributed by atoms with van der Waals surface area (Å²) in [5, 5.41) is 3.21. The second-order valence-electron chi connectivity index (χ2n) is 8.28. The van der Waals surface area contributed by atoms with E-state index in [1.807, 2.05) is 0 Å². The monoisotopic (exact) mass is 309 g/mol. The maximum atomic E-state index is 3.88. The van der Waals surface area contributed by atoms with Crippen molar-refractivity contribution in [2.75, 3.05) is 0 Å². The molecule has 0 N–H and O–H groups in total. The summed E-state index contributed by atoms with van der Waals surface area (Å²) in [7, 11) is -2.70. The Hall–Kier alpha value is -1.13. The number of hydrogen-bond acceptors (Lipinski definition) is 0. The van der Waals surface area contributed by atoms with Crippen molar-refractivity contribution in [2.45, 2.75) is 45.7 Å². The molecule has 0 bridgehead atoms. The first-order valence-electron chi connectivity index (χ1n) is 7.86. The van der Waals surface area contributed by atoms with Crippen molar-refractivity contribution in [1.29, 1.82) is 0 Å². The fraction of sp³-hybridized carbons (Fsp3) is 0.368. The SMILES string of the molecule is C[Si](C)(C)c1[c]c2c(cc1[Si](C)(C)C)-c1ccccc1C2. The smallest absolute Gasteiger partial charge is 0.0656 e. The molecular weight excluding hydrogens is 284 g/mol. The summed E-state index contributed by atoms with van der Waals surface area (Å²) < 4.78 is 0. The van der Waals surface area contributed by atoms with Crippen LogP contribution in [0.25, 0.3) is 11.1 Å². The lowest BCUT2D eigenvalue weighted by atomic mass is 10.1. The highest BCUT2D eigenvalue weighted by molar-refractivity contribution is 6.98. The van der Waals surface area contributed by atoms with Crippen LogP contribution in [0, 0.1) is 6.07 Å². The van der Waals surface area contributed by atoms with Crippen LogP contribution < -0.4 is 10.4 Å². The van der Waals surface area contributed by atoms with E-state index >= 15 is 0 Å². The molecule has 0 aromatic heterocycles. The minimum Gasteiger partial charge on any atom is -0.0656 e. The Morgan fingerprint density at radius 2 is 1.52 bits per heavy atom. The Kier molecular flexibility index (Phi) is 3.30. The van der Waals surface area contributed by atoms with Gasteiger partial charge in [-0.1, -0.05) is 80.0 Å². The molecule has 2 heteroatoms. The van der Waals surface area contributed by atoms with E-state index in [0.29, 0.717) is 0 Å². The molecule has 0 atom stereocenters. The predicted octanol–water partition coefficient (Wildman–Crippen LogP) is 4.15. The van der Waals surface area contributed by atoms with Crippen LogP contribution in [0.5, 0.6) is 0 Å². The van der Waals surface area contributed by atoms with Gasteiger partial charge in [-0.25, -0.2) is 0 Å². The third-order valence-electron chi connectivity index (χ3n) is 4.39. The summed E-state index contributed by atoms with van der Waals surface area (Å²) in [6, 6.07) is 15.3. The number of benzene rings is 2. The summed E-state index contributed by atoms with van der Waals surface area (Å²) in [5.74, 6) is 0. The molecule has 0 spiro atoms. The summed E-state index contributed by atoms with van der Waals surface area (Å²) in [6.07, 6.45) is 1.06. The molecular formula is C19H25Si2. The van der Waals surface area contributed by atoms with Crippen LogP contribution in [-0.2, 0) is 6.42 Å². The highest BCUT2D eigenvalue weighted by Crippen LogP contribution is 2.35. The molecule has 0 aliphatic heterocycles. The lowest BCUT2D eigenvalue weighted by Crippen LogP contribution is -2.56. The van der Waals surface area contributed by atoms with Crippen molar-refractivity contribution in [2.24, 2.45) is 0 Å². The summed E-state index contributed by atoms with van der Waals surface area (Å²) in [4.78, 5) is 0. The van der Waals surface area contributed by atoms with E-state index < -0.39 is 16.1 Å². The van der Waals surface area contributed by atoms with Gasteiger partial charge in [0.05, 0.1) is 16.1 Å². The number of fused-ring (bicyclic) bond motifs is 3. The summed E-state index contributed by atoms with van der Waals surface area (Å²) >= 11 is 0. The van der Waals surface area contributed by atoms with Crippen LogP contribution >= 0.6 is 0 Å². The topological polar surface area (TPSA) is 0 Å². The van der Waals surface area contributed by atoms with E-state index in [1.165, 1.54) is 22.3 Å². The van der Waals surface area contributed by atoms with Crippen molar-refractivity contribution in [1.82, 2.24) is 0 Å². The van der Waals surface area contributed by atoms with Crippen molar-refractivity contribution in [3.05, 3.63) is 47.5 Å². The molecule has 0 fully saturated rings. The Labute approximate surface area is 131 Å². The summed E-state index contributed by atoms with van der Waals surface area (Å²) in [5.41, 5.74) is 5.78. The maximum Gasteiger partial charge on any atom is 0.0782 e. The normalized spacial score (nSPS) is 14.0. The van der Waals surface area contributed by atoms with Gasteiger partial charge in [-0.05, 0) is 34.7 Å². The van der Waals surface area contributed by atoms with E-state index in [-0.39, 0.29) is 0 Å². The third-order valence-corrected chi connectivity index (χ3v) is 8.55. The number of hydrogen-bond donors (Lipinski definition) is 0. The molecule has 0 nitrogen and oxygen atoms in total. The van der Waals surface area contributed by atoms with Crippen LogP contribution in [0.1, 0.15) is 11.1 Å². The lowest BCUT2D eigenvalue weighted by Gasteiger charge is -2.28. The second-order valence-corrected chi connectivity index (χ2v) is 18.3. The van der Waals surface area contributed by atoms with Crippen molar-refractivity contribution in [3.63, 3.8) is 0 Å². The van der Waals surface area contributed by atoms with E-state index in [2.05, 4.69) is 75.7 Å². The summed E-state index contributed by atoms with van der Waals surface area (Å²) in [6.45, 7) is 14.8. The zero-order valence-electron chi connectivity index (χ0n) is 14.1. The second kappa shape index (κ2) is 4.69. The molecule has 0 amide bonds. The highest BCUT2D eigenvalue weighted by Gasteiger charge is 2.31. The van der Waals surface area contributed by atoms with E-state index in [0.717, 1.165) is 6.42 Å². The Morgan fingerprint density at radius 1 is 0.857 bits per heavy atom. The number of rotatable bonds is 2. The van der Waals surface area contributed by atoms with Gasteiger partial charge >= 0.3 is 0 Å². The molecule has 1 aliphatic rings. The van der Waals surface area contributed by atoms with E-state index in [1.54, 1.807) is 10.4 Å². The Bertz CT molecular complexity index is 700. The maximum absolute atomic E-state index is 3.88. The first-order valence-corrected chi connectivity index (χ1v) is 14.9. The molecule has 21 heavy (non-hydrogen) atoms. The van der Waals surface area contributed by atoms with E-state index in [4.69, 9.17) is 0 Å². The molecule has 109 valence electrons. The lowest BCUT2D eigenvalue weighted by molar-refractivity contribution is 1.26. The highest BCUT2D eigenvalue weighted by atomic mass is 28.3. The van der Waals surface area contributed by atoms with Gasteiger partial charge in [-0.2, -0.15) is 0 Å². The predicted molar refractivity (Wildman–Crippen MR) is 99.5 cm³/mol. The molecule has 0 unspecified atom stereocenters. The minimum absolute atomic E-state index is 1.06. The van der Waals surface area contributed by atoms with Gasteiger partial charge in [-0.3, -0.25) is 0 Å². The van der Waals surface area contributed by atoms with Crippen LogP contribution in [0.15, 0.2) is 30.3 Å². The van der Waals surface area contributed by atoms with Gasteiger partial charge in [-0.15, -0.1) is 0 Å². The van der Waals surface area contributed by atoms with Crippen LogP contribution in [0.4, 0.5) is 0 Å². The van der Waals surface area contributed by atoms with Gasteiger partial charge in [0, 0.05) is 0 Å². The van der Waals surface area contributed by atoms with Gasteiger partial charge in [0.2, 0.25) is 0 Å². The molecule has 1 aliphatic carbocycles. The van der Waals surface area contributed by atoms with Crippen LogP contribution in [0.3, 0.4) is 0 Å². The van der Waals surface area contributed by atoms with Crippen molar-refractivity contribution >= 4 is 26.5 Å². The standard InChI is InChI=1S/C19H25Si2/c1-20(2,3)18-12-15-11-14-9-7-8-10-16(14)17(15)13-19(18)21(4,5)6/h7-10,13H,11H2,1-6H3. The zero-order chi connectivity index (χ0) is 15.4. The zero-order valence-corrected chi connectivity index (χ0v) is 16.1. The molecule has 2 aromatic carbocycles. The average molecular weight is 310 g/mol. The van der Waals surface area contributed by atoms with Crippen molar-refractivity contribution in [3.8, 4) is 11.1 Å². The fourth-order valence-electron chi connectivity index (χ4n) is 3.28. The van der Waals surface area contributed by atoms with Crippen molar-refractivity contribution < 1.29 is 0 Å². The molecule has 0 saturated heterocycles. The van der Waals surface area contributed by atoms with Gasteiger partial charge in [0.15, 0.2) is 0 Å². The molecule has 2 aromatic rings. The average Bonchev–Trinajstić information content (AvgIpc) is 2.73. The molecule has 0 heterocycles. The van der Waals surface area contributed by atoms with Gasteiger partial charge in [0.25, 0.3) is 0 Å². The van der Waals surface area contributed by atoms with E-state index in [9.17, 15) is 0 Å². The Balaban J connectivity index is 2.27. The van der Waals surface area contributed by atoms with Gasteiger partial charge in [0.1, 0.15) is 0 Å². The van der Waals surface area contributed by atoms with Crippen LogP contribution in [0.2, 0.25) is 39.3 Å². The van der Waals surface area contributed by atoms with Gasteiger partial charge < -0.3 is 0 Å². The molecule has 0 saturated carbocycles. The largest absolute Gasteiger partial charge is 0.0782 e. The third kappa shape index (κ3) is 2.55. The quantitative estimate of drug-likeness (QED) is 0.624. The van der Waals surface area contributed by atoms with Crippen LogP contribution in [-0.4, -0.2) is 16.1 Å². The Morgan fingerprint density at radius 3 is 2.14 bits per heavy atom. The minimum atomic E-state index is -1.35. The first kappa shape index (κ1) is 14.8.